The molecule has 0 saturated heterocycles. The van der Waals surface area contributed by atoms with Gasteiger partial charge in [-0.15, -0.1) is 0 Å². The highest BCUT2D eigenvalue weighted by Crippen LogP contribution is 2.32. The molecule has 0 aliphatic rings. The number of hydrogen-bond acceptors (Lipinski definition) is 6. The van der Waals surface area contributed by atoms with Crippen molar-refractivity contribution in [3.63, 3.8) is 0 Å². The van der Waals surface area contributed by atoms with Crippen LogP contribution >= 0.6 is 0 Å². The number of nitrogens with one attached hydrogen (secondary N) is 1. The first-order valence-corrected chi connectivity index (χ1v) is 12.7. The Hall–Kier alpha value is -3.27. The predicted octanol–water partition coefficient (Wildman–Crippen LogP) is 2.33. The SMILES string of the molecule is CCNC(=O)[C@@H](C)N(Cc1cccc(C)c1)C(=O)CN(c1ccc(OC)c(OC)c1)S(C)(=O)=O. The Labute approximate surface area is 201 Å². The van der Waals surface area contributed by atoms with Gasteiger partial charge < -0.3 is 19.7 Å². The molecule has 2 rings (SSSR count). The topological polar surface area (TPSA) is 105 Å². The monoisotopic (exact) mass is 491 g/mol. The zero-order valence-corrected chi connectivity index (χ0v) is 21.3. The van der Waals surface area contributed by atoms with Crippen molar-refractivity contribution in [3.05, 3.63) is 53.6 Å². The van der Waals surface area contributed by atoms with Crippen molar-refractivity contribution in [2.75, 3.05) is 37.9 Å². The van der Waals surface area contributed by atoms with Crippen LogP contribution < -0.4 is 19.1 Å². The first kappa shape index (κ1) is 27.0. The number of hydrogen-bond donors (Lipinski definition) is 1. The van der Waals surface area contributed by atoms with Gasteiger partial charge in [0, 0.05) is 19.2 Å². The highest BCUT2D eigenvalue weighted by molar-refractivity contribution is 7.92. The molecule has 186 valence electrons. The number of anilines is 1. The van der Waals surface area contributed by atoms with E-state index in [1.165, 1.54) is 31.3 Å². The molecule has 1 atom stereocenters. The zero-order chi connectivity index (χ0) is 25.5. The van der Waals surface area contributed by atoms with Crippen molar-refractivity contribution in [2.24, 2.45) is 0 Å². The van der Waals surface area contributed by atoms with E-state index in [4.69, 9.17) is 9.47 Å². The fourth-order valence-corrected chi connectivity index (χ4v) is 4.35. The Morgan fingerprint density at radius 3 is 2.29 bits per heavy atom. The van der Waals surface area contributed by atoms with E-state index < -0.39 is 28.5 Å². The van der Waals surface area contributed by atoms with Gasteiger partial charge in [0.1, 0.15) is 12.6 Å². The van der Waals surface area contributed by atoms with Crippen LogP contribution in [0, 0.1) is 6.92 Å². The lowest BCUT2D eigenvalue weighted by atomic mass is 10.1. The van der Waals surface area contributed by atoms with Crippen LogP contribution in [0.15, 0.2) is 42.5 Å². The quantitative estimate of drug-likeness (QED) is 0.517. The molecule has 0 aromatic heterocycles. The van der Waals surface area contributed by atoms with Crippen LogP contribution in [0.3, 0.4) is 0 Å². The summed E-state index contributed by atoms with van der Waals surface area (Å²) in [4.78, 5) is 27.4. The second-order valence-corrected chi connectivity index (χ2v) is 9.80. The molecule has 0 unspecified atom stereocenters. The van der Waals surface area contributed by atoms with Gasteiger partial charge in [-0.2, -0.15) is 0 Å². The highest BCUT2D eigenvalue weighted by atomic mass is 32.2. The molecular formula is C24H33N3O6S. The summed E-state index contributed by atoms with van der Waals surface area (Å²) in [6.45, 7) is 5.44. The summed E-state index contributed by atoms with van der Waals surface area (Å²) in [5.41, 5.74) is 2.09. The van der Waals surface area contributed by atoms with E-state index in [0.717, 1.165) is 21.7 Å². The third kappa shape index (κ3) is 6.86. The first-order chi connectivity index (χ1) is 16.0. The standard InChI is InChI=1S/C24H33N3O6S/c1-7-25-24(29)18(3)26(15-19-10-8-9-17(2)13-19)23(28)16-27(34(6,30)31)20-11-12-21(32-4)22(14-20)33-5/h8-14,18H,7,15-16H2,1-6H3,(H,25,29)/t18-/m1/s1. The third-order valence-corrected chi connectivity index (χ3v) is 6.43. The molecule has 0 aliphatic carbocycles. The minimum Gasteiger partial charge on any atom is -0.493 e. The fraction of sp³-hybridized carbons (Fsp3) is 0.417. The number of nitrogens with zero attached hydrogens (tertiary/aromatic N) is 2. The number of methoxy groups -OCH3 is 2. The van der Waals surface area contributed by atoms with Crippen LogP contribution in [0.25, 0.3) is 0 Å². The number of rotatable bonds is 11. The lowest BCUT2D eigenvalue weighted by Crippen LogP contribution is -2.51. The first-order valence-electron chi connectivity index (χ1n) is 10.8. The molecule has 0 fully saturated rings. The van der Waals surface area contributed by atoms with Crippen LogP contribution in [-0.2, 0) is 26.2 Å². The molecule has 0 aliphatic heterocycles. The number of aryl methyl sites for hydroxylation is 1. The van der Waals surface area contributed by atoms with Crippen LogP contribution in [-0.4, -0.2) is 64.7 Å². The van der Waals surface area contributed by atoms with E-state index in [0.29, 0.717) is 18.0 Å². The maximum atomic E-state index is 13.5. The molecule has 2 aromatic carbocycles. The highest BCUT2D eigenvalue weighted by Gasteiger charge is 2.30. The van der Waals surface area contributed by atoms with Crippen molar-refractivity contribution in [1.29, 1.82) is 0 Å². The number of ether oxygens (including phenoxy) is 2. The summed E-state index contributed by atoms with van der Waals surface area (Å²) < 4.78 is 36.8. The van der Waals surface area contributed by atoms with Crippen LogP contribution in [0.2, 0.25) is 0 Å². The largest absolute Gasteiger partial charge is 0.493 e. The van der Waals surface area contributed by atoms with E-state index >= 15 is 0 Å². The number of benzene rings is 2. The lowest BCUT2D eigenvalue weighted by molar-refractivity contribution is -0.139. The molecule has 9 nitrogen and oxygen atoms in total. The molecule has 10 heteroatoms. The second kappa shape index (κ2) is 11.7. The van der Waals surface area contributed by atoms with Crippen molar-refractivity contribution in [2.45, 2.75) is 33.4 Å². The molecule has 0 heterocycles. The summed E-state index contributed by atoms with van der Waals surface area (Å²) in [5.74, 6) is -0.0774. The molecule has 2 amide bonds. The number of sulfonamides is 1. The van der Waals surface area contributed by atoms with E-state index in [-0.39, 0.29) is 18.1 Å². The Balaban J connectivity index is 2.43. The van der Waals surface area contributed by atoms with E-state index in [9.17, 15) is 18.0 Å². The molecule has 0 radical (unpaired) electrons. The van der Waals surface area contributed by atoms with E-state index in [1.807, 2.05) is 31.2 Å². The lowest BCUT2D eigenvalue weighted by Gasteiger charge is -2.31. The number of likely N-dealkylation sites (N-methyl/N-ethyl adjacent to an activating group) is 1. The molecule has 2 aromatic rings. The maximum Gasteiger partial charge on any atom is 0.244 e. The Kier molecular flexibility index (Phi) is 9.31. The van der Waals surface area contributed by atoms with Gasteiger partial charge in [-0.25, -0.2) is 8.42 Å². The molecule has 0 spiro atoms. The number of amides is 2. The van der Waals surface area contributed by atoms with Crippen LogP contribution in [0.5, 0.6) is 11.5 Å². The summed E-state index contributed by atoms with van der Waals surface area (Å²) in [6, 6.07) is 11.4. The summed E-state index contributed by atoms with van der Waals surface area (Å²) in [5, 5.41) is 2.73. The third-order valence-electron chi connectivity index (χ3n) is 5.29. The van der Waals surface area contributed by atoms with Gasteiger partial charge >= 0.3 is 0 Å². The van der Waals surface area contributed by atoms with Crippen molar-refractivity contribution in [3.8, 4) is 11.5 Å². The van der Waals surface area contributed by atoms with Crippen molar-refractivity contribution in [1.82, 2.24) is 10.2 Å². The molecule has 0 bridgehead atoms. The molecule has 34 heavy (non-hydrogen) atoms. The average Bonchev–Trinajstić information content (AvgIpc) is 2.79. The second-order valence-electron chi connectivity index (χ2n) is 7.89. The minimum atomic E-state index is -3.84. The van der Waals surface area contributed by atoms with Crippen molar-refractivity contribution >= 4 is 27.5 Å². The van der Waals surface area contributed by atoms with E-state index in [1.54, 1.807) is 19.9 Å². The predicted molar refractivity (Wildman–Crippen MR) is 132 cm³/mol. The van der Waals surface area contributed by atoms with Gasteiger partial charge in [0.15, 0.2) is 11.5 Å². The van der Waals surface area contributed by atoms with Crippen LogP contribution in [0.4, 0.5) is 5.69 Å². The molecular weight excluding hydrogens is 458 g/mol. The summed E-state index contributed by atoms with van der Waals surface area (Å²) >= 11 is 0. The summed E-state index contributed by atoms with van der Waals surface area (Å²) in [6.07, 6.45) is 1.02. The van der Waals surface area contributed by atoms with Crippen molar-refractivity contribution < 1.29 is 27.5 Å². The Morgan fingerprint density at radius 2 is 1.74 bits per heavy atom. The normalized spacial score (nSPS) is 11.9. The Bertz CT molecular complexity index is 1120. The zero-order valence-electron chi connectivity index (χ0n) is 20.5. The van der Waals surface area contributed by atoms with Crippen LogP contribution in [0.1, 0.15) is 25.0 Å². The maximum absolute atomic E-state index is 13.5. The summed E-state index contributed by atoms with van der Waals surface area (Å²) in [7, 11) is -0.925. The number of carbonyl (C=O) groups is 2. The fourth-order valence-electron chi connectivity index (χ4n) is 3.51. The van der Waals surface area contributed by atoms with Gasteiger partial charge in [0.05, 0.1) is 26.2 Å². The smallest absolute Gasteiger partial charge is 0.244 e. The molecule has 0 saturated carbocycles. The van der Waals surface area contributed by atoms with Gasteiger partial charge in [-0.05, 0) is 38.5 Å². The Morgan fingerprint density at radius 1 is 1.06 bits per heavy atom. The van der Waals surface area contributed by atoms with Gasteiger partial charge in [0.2, 0.25) is 21.8 Å². The van der Waals surface area contributed by atoms with Gasteiger partial charge in [-0.3, -0.25) is 13.9 Å². The van der Waals surface area contributed by atoms with E-state index in [2.05, 4.69) is 5.32 Å². The molecule has 1 N–H and O–H groups in total. The number of carbonyl (C=O) groups excluding carboxylic acids is 2. The van der Waals surface area contributed by atoms with Gasteiger partial charge in [-0.1, -0.05) is 29.8 Å². The average molecular weight is 492 g/mol. The minimum absolute atomic E-state index is 0.155. The van der Waals surface area contributed by atoms with Gasteiger partial charge in [0.25, 0.3) is 0 Å².